The molecule has 4 nitrogen and oxygen atoms in total. The average molecular weight is 673 g/mol. The lowest BCUT2D eigenvalue weighted by Crippen LogP contribution is -2.30. The van der Waals surface area contributed by atoms with Gasteiger partial charge in [-0.15, -0.1) is 11.3 Å². The van der Waals surface area contributed by atoms with Crippen LogP contribution in [0.2, 0.25) is 0 Å². The van der Waals surface area contributed by atoms with E-state index in [9.17, 15) is 0 Å². The van der Waals surface area contributed by atoms with Crippen molar-refractivity contribution in [1.82, 2.24) is 15.0 Å². The number of para-hydroxylation sites is 1. The third-order valence-electron chi connectivity index (χ3n) is 10.3. The van der Waals surface area contributed by atoms with E-state index in [-0.39, 0.29) is 5.41 Å². The fraction of sp³-hybridized carbons (Fsp3) is 0.0652. The number of aromatic nitrogens is 3. The average Bonchev–Trinajstić information content (AvgIpc) is 3.55. The Bertz CT molecular complexity index is 2790. The molecule has 0 saturated carbocycles. The molecule has 0 bridgehead atoms. The largest absolute Gasteiger partial charge is 0.310 e. The van der Waals surface area contributed by atoms with Gasteiger partial charge in [0.1, 0.15) is 0 Å². The van der Waals surface area contributed by atoms with Crippen molar-refractivity contribution in [3.63, 3.8) is 0 Å². The molecule has 10 rings (SSSR count). The van der Waals surface area contributed by atoms with Gasteiger partial charge in [0.25, 0.3) is 0 Å². The number of nitrogens with zero attached hydrogens (tertiary/aromatic N) is 4. The van der Waals surface area contributed by atoms with E-state index in [1.165, 1.54) is 42.7 Å². The molecule has 0 amide bonds. The summed E-state index contributed by atoms with van der Waals surface area (Å²) in [5.74, 6) is 0.706. The van der Waals surface area contributed by atoms with Crippen LogP contribution in [-0.4, -0.2) is 15.0 Å². The molecule has 5 heteroatoms. The Labute approximate surface area is 300 Å². The van der Waals surface area contributed by atoms with Gasteiger partial charge < -0.3 is 4.90 Å². The second kappa shape index (κ2) is 11.4. The van der Waals surface area contributed by atoms with Crippen LogP contribution in [-0.2, 0) is 5.41 Å². The van der Waals surface area contributed by atoms with Gasteiger partial charge in [-0.25, -0.2) is 9.97 Å². The van der Waals surface area contributed by atoms with E-state index < -0.39 is 0 Å². The third kappa shape index (κ3) is 4.77. The van der Waals surface area contributed by atoms with Crippen LogP contribution in [0.4, 0.5) is 17.1 Å². The summed E-state index contributed by atoms with van der Waals surface area (Å²) in [5.41, 5.74) is 11.7. The molecule has 0 atom stereocenters. The van der Waals surface area contributed by atoms with Crippen molar-refractivity contribution in [3.05, 3.63) is 169 Å². The molecule has 0 fully saturated rings. The highest BCUT2D eigenvalue weighted by Gasteiger charge is 2.37. The zero-order valence-corrected chi connectivity index (χ0v) is 29.0. The first-order chi connectivity index (χ1) is 25.0. The predicted octanol–water partition coefficient (Wildman–Crippen LogP) is 12.5. The highest BCUT2D eigenvalue weighted by atomic mass is 32.1. The summed E-state index contributed by atoms with van der Waals surface area (Å²) >= 11 is 1.86. The van der Waals surface area contributed by atoms with Gasteiger partial charge in [-0.1, -0.05) is 117 Å². The molecule has 0 N–H and O–H groups in total. The van der Waals surface area contributed by atoms with Crippen LogP contribution in [0, 0.1) is 0 Å². The number of rotatable bonds is 4. The Balaban J connectivity index is 1.15. The summed E-state index contributed by atoms with van der Waals surface area (Å²) in [7, 11) is 0. The van der Waals surface area contributed by atoms with E-state index in [2.05, 4.69) is 146 Å². The lowest BCUT2D eigenvalue weighted by molar-refractivity contribution is 0.633. The van der Waals surface area contributed by atoms with Crippen molar-refractivity contribution >= 4 is 59.5 Å². The van der Waals surface area contributed by atoms with Gasteiger partial charge in [-0.2, -0.15) is 0 Å². The van der Waals surface area contributed by atoms with E-state index in [4.69, 9.17) is 15.0 Å². The molecule has 51 heavy (non-hydrogen) atoms. The predicted molar refractivity (Wildman–Crippen MR) is 213 cm³/mol. The topological polar surface area (TPSA) is 41.9 Å². The van der Waals surface area contributed by atoms with Crippen molar-refractivity contribution in [3.8, 4) is 33.9 Å². The lowest BCUT2D eigenvalue weighted by Gasteiger charge is -2.42. The van der Waals surface area contributed by atoms with E-state index in [0.29, 0.717) is 5.82 Å². The quantitative estimate of drug-likeness (QED) is 0.187. The van der Waals surface area contributed by atoms with Gasteiger partial charge >= 0.3 is 0 Å². The van der Waals surface area contributed by atoms with Gasteiger partial charge in [-0.3, -0.25) is 4.98 Å². The third-order valence-corrected chi connectivity index (χ3v) is 11.4. The maximum atomic E-state index is 5.10. The van der Waals surface area contributed by atoms with E-state index in [0.717, 1.165) is 44.7 Å². The molecule has 9 aromatic rings. The van der Waals surface area contributed by atoms with Gasteiger partial charge in [0.05, 0.1) is 28.3 Å². The molecule has 3 aromatic heterocycles. The van der Waals surface area contributed by atoms with Crippen LogP contribution in [0.25, 0.3) is 65.0 Å². The minimum atomic E-state index is -0.180. The smallest absolute Gasteiger partial charge is 0.160 e. The molecule has 6 aromatic carbocycles. The number of fused-ring (bicyclic) bond motifs is 6. The molecule has 1 aliphatic heterocycles. The molecule has 0 aliphatic carbocycles. The van der Waals surface area contributed by atoms with Crippen molar-refractivity contribution in [2.45, 2.75) is 19.3 Å². The van der Waals surface area contributed by atoms with Crippen molar-refractivity contribution in [1.29, 1.82) is 0 Å². The number of thiophene rings is 1. The Hall–Kier alpha value is -6.17. The van der Waals surface area contributed by atoms with Gasteiger partial charge in [0.2, 0.25) is 0 Å². The Morgan fingerprint density at radius 1 is 0.529 bits per heavy atom. The van der Waals surface area contributed by atoms with Crippen molar-refractivity contribution in [2.75, 3.05) is 4.90 Å². The molecule has 0 spiro atoms. The second-order valence-corrected chi connectivity index (χ2v) is 14.8. The van der Waals surface area contributed by atoms with E-state index >= 15 is 0 Å². The van der Waals surface area contributed by atoms with Crippen LogP contribution >= 0.6 is 11.3 Å². The maximum Gasteiger partial charge on any atom is 0.160 e. The van der Waals surface area contributed by atoms with Crippen LogP contribution in [0.5, 0.6) is 0 Å². The summed E-state index contributed by atoms with van der Waals surface area (Å²) in [5, 5.41) is 3.65. The molecule has 0 saturated heterocycles. The zero-order valence-electron chi connectivity index (χ0n) is 28.2. The van der Waals surface area contributed by atoms with Crippen LogP contribution in [0.1, 0.15) is 25.0 Å². The number of hydrogen-bond donors (Lipinski definition) is 0. The minimum Gasteiger partial charge on any atom is -0.310 e. The normalized spacial score (nSPS) is 13.4. The highest BCUT2D eigenvalue weighted by molar-refractivity contribution is 7.25. The number of hydrogen-bond acceptors (Lipinski definition) is 5. The van der Waals surface area contributed by atoms with Crippen molar-refractivity contribution < 1.29 is 0 Å². The maximum absolute atomic E-state index is 5.10. The van der Waals surface area contributed by atoms with Crippen LogP contribution in [0.3, 0.4) is 0 Å². The van der Waals surface area contributed by atoms with E-state index in [1.807, 2.05) is 41.8 Å². The Kier molecular flexibility index (Phi) is 6.67. The van der Waals surface area contributed by atoms with Crippen LogP contribution in [0.15, 0.2) is 158 Å². The fourth-order valence-electron chi connectivity index (χ4n) is 7.73. The summed E-state index contributed by atoms with van der Waals surface area (Å²) in [6.45, 7) is 4.70. The molecular formula is C46H32N4S. The molecular weight excluding hydrogens is 641 g/mol. The summed E-state index contributed by atoms with van der Waals surface area (Å²) in [4.78, 5) is 17.5. The second-order valence-electron chi connectivity index (χ2n) is 13.7. The number of benzene rings is 6. The molecule has 0 radical (unpaired) electrons. The number of pyridine rings is 1. The molecule has 242 valence electrons. The molecule has 0 unspecified atom stereocenters. The van der Waals surface area contributed by atoms with Crippen LogP contribution < -0.4 is 4.90 Å². The van der Waals surface area contributed by atoms with Crippen molar-refractivity contribution in [2.24, 2.45) is 0 Å². The van der Waals surface area contributed by atoms with Gasteiger partial charge in [0, 0.05) is 59.5 Å². The van der Waals surface area contributed by atoms with E-state index in [1.54, 1.807) is 0 Å². The first-order valence-corrected chi connectivity index (χ1v) is 18.1. The summed E-state index contributed by atoms with van der Waals surface area (Å²) < 4.78 is 2.61. The lowest BCUT2D eigenvalue weighted by atomic mass is 9.73. The monoisotopic (exact) mass is 672 g/mol. The van der Waals surface area contributed by atoms with Gasteiger partial charge in [-0.05, 0) is 59.7 Å². The molecule has 4 heterocycles. The Morgan fingerprint density at radius 3 is 2.12 bits per heavy atom. The first kappa shape index (κ1) is 29.7. The highest BCUT2D eigenvalue weighted by Crippen LogP contribution is 2.54. The minimum absolute atomic E-state index is 0.180. The summed E-state index contributed by atoms with van der Waals surface area (Å²) in [6.07, 6.45) is 1.93. The standard InChI is InChI=1S/C46H32N4S/c1-46(2)36-18-10-11-19-40(36)50(41-28-43-35(27-37(41)46)33-17-9-12-20-42(33)51-43)32-23-24-47-38(26-32)31-21-22-34-39(25-31)48-45(30-15-7-4-8-16-30)49-44(34)29-13-5-3-6-14-29/h3-28H,1-2H3. The number of anilines is 3. The first-order valence-electron chi connectivity index (χ1n) is 17.3. The van der Waals surface area contributed by atoms with Gasteiger partial charge in [0.15, 0.2) is 5.82 Å². The Morgan fingerprint density at radius 2 is 1.27 bits per heavy atom. The molecule has 1 aliphatic rings. The zero-order chi connectivity index (χ0) is 34.1. The SMILES string of the molecule is CC1(C)c2ccccc2N(c2ccnc(-c3ccc4c(-c5ccccc5)nc(-c5ccccc5)nc4c3)c2)c2cc3sc4ccccc4c3cc21. The summed E-state index contributed by atoms with van der Waals surface area (Å²) in [6, 6.07) is 53.8. The fourth-order valence-corrected chi connectivity index (χ4v) is 8.85.